The highest BCUT2D eigenvalue weighted by molar-refractivity contribution is 9.11. The van der Waals surface area contributed by atoms with Gasteiger partial charge in [0, 0.05) is 17.2 Å². The summed E-state index contributed by atoms with van der Waals surface area (Å²) < 4.78 is 6.03. The van der Waals surface area contributed by atoms with Gasteiger partial charge in [-0.05, 0) is 24.6 Å². The fraction of sp³-hybridized carbons (Fsp3) is 0.357. The number of halogens is 1. The van der Waals surface area contributed by atoms with Gasteiger partial charge in [-0.3, -0.25) is 4.79 Å². The highest BCUT2D eigenvalue weighted by Gasteiger charge is 2.27. The fourth-order valence-electron chi connectivity index (χ4n) is 2.14. The zero-order valence-corrected chi connectivity index (χ0v) is 12.1. The fourth-order valence-corrected chi connectivity index (χ4v) is 2.86. The minimum Gasteiger partial charge on any atom is -0.466 e. The summed E-state index contributed by atoms with van der Waals surface area (Å²) in [6, 6.07) is 8.15. The van der Waals surface area contributed by atoms with E-state index < -0.39 is 0 Å². The van der Waals surface area contributed by atoms with Gasteiger partial charge in [0.2, 0.25) is 0 Å². The number of likely N-dealkylation sites (N-methyl/N-ethyl adjacent to an activating group) is 1. The van der Waals surface area contributed by atoms with Crippen LogP contribution in [0.15, 0.2) is 28.7 Å². The molecular weight excluding hydrogens is 294 g/mol. The third kappa shape index (κ3) is 2.58. The van der Waals surface area contributed by atoms with Crippen molar-refractivity contribution >= 4 is 33.7 Å². The maximum absolute atomic E-state index is 11.6. The molecule has 1 heterocycles. The summed E-state index contributed by atoms with van der Waals surface area (Å²) >= 11 is 3.56. The molecule has 0 spiro atoms. The van der Waals surface area contributed by atoms with Crippen LogP contribution in [0.1, 0.15) is 18.9 Å². The molecule has 1 aliphatic heterocycles. The molecule has 1 atom stereocenters. The van der Waals surface area contributed by atoms with Crippen molar-refractivity contribution in [1.29, 1.82) is 0 Å². The van der Waals surface area contributed by atoms with Crippen LogP contribution in [0.4, 0.5) is 5.69 Å². The molecule has 0 fully saturated rings. The second kappa shape index (κ2) is 5.57. The molecule has 1 aromatic carbocycles. The molecule has 18 heavy (non-hydrogen) atoms. The van der Waals surface area contributed by atoms with Crippen LogP contribution in [0, 0.1) is 0 Å². The van der Waals surface area contributed by atoms with E-state index in [9.17, 15) is 4.79 Å². The number of hydrogen-bond donors (Lipinski definition) is 0. The van der Waals surface area contributed by atoms with Crippen molar-refractivity contribution in [2.24, 2.45) is 0 Å². The van der Waals surface area contributed by atoms with E-state index in [4.69, 9.17) is 4.74 Å². The zero-order valence-electron chi connectivity index (χ0n) is 10.5. The summed E-state index contributed by atoms with van der Waals surface area (Å²) in [6.45, 7) is 2.25. The number of nitrogens with zero attached hydrogens (tertiary/aromatic N) is 1. The van der Waals surface area contributed by atoms with Gasteiger partial charge in [-0.1, -0.05) is 34.1 Å². The normalized spacial score (nSPS) is 18.1. The monoisotopic (exact) mass is 309 g/mol. The van der Waals surface area contributed by atoms with E-state index in [2.05, 4.69) is 39.0 Å². The molecule has 96 valence electrons. The Morgan fingerprint density at radius 1 is 1.44 bits per heavy atom. The number of hydrogen-bond acceptors (Lipinski definition) is 3. The summed E-state index contributed by atoms with van der Waals surface area (Å²) in [5.74, 6) is -0.168. The predicted molar refractivity (Wildman–Crippen MR) is 76.8 cm³/mol. The van der Waals surface area contributed by atoms with E-state index in [1.807, 2.05) is 26.1 Å². The minimum atomic E-state index is -0.168. The van der Waals surface area contributed by atoms with Crippen molar-refractivity contribution in [2.75, 3.05) is 18.6 Å². The van der Waals surface area contributed by atoms with Crippen molar-refractivity contribution in [3.8, 4) is 0 Å². The van der Waals surface area contributed by atoms with Gasteiger partial charge in [-0.15, -0.1) is 0 Å². The van der Waals surface area contributed by atoms with Crippen molar-refractivity contribution < 1.29 is 9.53 Å². The van der Waals surface area contributed by atoms with Gasteiger partial charge < -0.3 is 9.64 Å². The Balaban J connectivity index is 2.23. The van der Waals surface area contributed by atoms with Crippen LogP contribution in [0.5, 0.6) is 0 Å². The first kappa shape index (κ1) is 13.1. The number of anilines is 1. The Labute approximate surface area is 116 Å². The molecule has 0 aliphatic carbocycles. The second-order valence-corrected chi connectivity index (χ2v) is 5.14. The highest BCUT2D eigenvalue weighted by Crippen LogP contribution is 2.35. The molecule has 2 rings (SSSR count). The van der Waals surface area contributed by atoms with Gasteiger partial charge in [-0.25, -0.2) is 0 Å². The topological polar surface area (TPSA) is 29.5 Å². The Morgan fingerprint density at radius 2 is 2.17 bits per heavy atom. The molecule has 1 aromatic rings. The number of fused-ring (bicyclic) bond motifs is 1. The first-order chi connectivity index (χ1) is 8.63. The van der Waals surface area contributed by atoms with E-state index in [1.54, 1.807) is 0 Å². The quantitative estimate of drug-likeness (QED) is 0.803. The first-order valence-electron chi connectivity index (χ1n) is 5.98. The van der Waals surface area contributed by atoms with Crippen LogP contribution in [0.3, 0.4) is 0 Å². The van der Waals surface area contributed by atoms with Crippen LogP contribution >= 0.6 is 15.9 Å². The Morgan fingerprint density at radius 3 is 2.89 bits per heavy atom. The molecule has 3 nitrogen and oxygen atoms in total. The number of ether oxygens (including phenoxy) is 1. The third-order valence-electron chi connectivity index (χ3n) is 3.06. The largest absolute Gasteiger partial charge is 0.466 e. The summed E-state index contributed by atoms with van der Waals surface area (Å²) in [7, 11) is 2.00. The van der Waals surface area contributed by atoms with Crippen molar-refractivity contribution in [2.45, 2.75) is 19.4 Å². The van der Waals surface area contributed by atoms with Crippen LogP contribution < -0.4 is 4.90 Å². The molecule has 1 aliphatic rings. The number of esters is 1. The molecule has 1 unspecified atom stereocenters. The van der Waals surface area contributed by atoms with E-state index in [0.717, 1.165) is 15.7 Å². The molecule has 0 aromatic heterocycles. The lowest BCUT2D eigenvalue weighted by molar-refractivity contribution is -0.143. The summed E-state index contributed by atoms with van der Waals surface area (Å²) in [6.07, 6.45) is 2.43. The van der Waals surface area contributed by atoms with Gasteiger partial charge in [0.05, 0.1) is 19.1 Å². The van der Waals surface area contributed by atoms with Crippen LogP contribution in [0.2, 0.25) is 0 Å². The molecule has 4 heteroatoms. The molecular formula is C14H16BrNO2. The number of carbonyl (C=O) groups is 1. The third-order valence-corrected chi connectivity index (χ3v) is 3.82. The Kier molecular flexibility index (Phi) is 4.07. The van der Waals surface area contributed by atoms with Crippen molar-refractivity contribution in [3.05, 3.63) is 34.3 Å². The molecule has 0 saturated carbocycles. The Hall–Kier alpha value is -1.29. The SMILES string of the molecule is CCOC(=O)CC1C(Br)=Cc2ccccc2N1C. The maximum Gasteiger partial charge on any atom is 0.308 e. The average molecular weight is 310 g/mol. The number of para-hydroxylation sites is 1. The average Bonchev–Trinajstić information content (AvgIpc) is 2.35. The number of carbonyl (C=O) groups excluding carboxylic acids is 1. The zero-order chi connectivity index (χ0) is 13.1. The van der Waals surface area contributed by atoms with Gasteiger partial charge >= 0.3 is 5.97 Å². The lowest BCUT2D eigenvalue weighted by Gasteiger charge is -2.34. The van der Waals surface area contributed by atoms with Crippen LogP contribution in [-0.2, 0) is 9.53 Å². The molecule has 0 bridgehead atoms. The lowest BCUT2D eigenvalue weighted by atomic mass is 10.0. The van der Waals surface area contributed by atoms with Crippen molar-refractivity contribution in [1.82, 2.24) is 0 Å². The Bertz CT molecular complexity index is 484. The minimum absolute atomic E-state index is 0.0129. The number of rotatable bonds is 3. The number of benzene rings is 1. The second-order valence-electron chi connectivity index (χ2n) is 4.22. The summed E-state index contributed by atoms with van der Waals surface area (Å²) in [4.78, 5) is 13.7. The van der Waals surface area contributed by atoms with Gasteiger partial charge in [0.15, 0.2) is 0 Å². The van der Waals surface area contributed by atoms with E-state index in [0.29, 0.717) is 13.0 Å². The first-order valence-corrected chi connectivity index (χ1v) is 6.77. The molecule has 0 saturated heterocycles. The summed E-state index contributed by atoms with van der Waals surface area (Å²) in [5, 5.41) is 0. The molecule has 0 radical (unpaired) electrons. The summed E-state index contributed by atoms with van der Waals surface area (Å²) in [5.41, 5.74) is 2.29. The molecule has 0 amide bonds. The van der Waals surface area contributed by atoms with Gasteiger partial charge in [0.25, 0.3) is 0 Å². The van der Waals surface area contributed by atoms with E-state index >= 15 is 0 Å². The van der Waals surface area contributed by atoms with E-state index in [-0.39, 0.29) is 12.0 Å². The van der Waals surface area contributed by atoms with Crippen LogP contribution in [-0.4, -0.2) is 25.7 Å². The molecule has 0 N–H and O–H groups in total. The van der Waals surface area contributed by atoms with E-state index in [1.165, 1.54) is 0 Å². The highest BCUT2D eigenvalue weighted by atomic mass is 79.9. The standard InChI is InChI=1S/C14H16BrNO2/c1-3-18-14(17)9-13-11(15)8-10-6-4-5-7-12(10)16(13)2/h4-8,13H,3,9H2,1-2H3. The maximum atomic E-state index is 11.6. The van der Waals surface area contributed by atoms with Gasteiger partial charge in [-0.2, -0.15) is 0 Å². The smallest absolute Gasteiger partial charge is 0.308 e. The van der Waals surface area contributed by atoms with Gasteiger partial charge in [0.1, 0.15) is 0 Å². The van der Waals surface area contributed by atoms with Crippen LogP contribution in [0.25, 0.3) is 6.08 Å². The predicted octanol–water partition coefficient (Wildman–Crippen LogP) is 3.19. The van der Waals surface area contributed by atoms with Crippen molar-refractivity contribution in [3.63, 3.8) is 0 Å². The lowest BCUT2D eigenvalue weighted by Crippen LogP contribution is -2.36.